The SMILES string of the molecule is CN1CCN(c2ccc(Cl)cc2NC(=O)c2ccc(NC(=O)C3CC3)cc2)CC1. The van der Waals surface area contributed by atoms with Crippen LogP contribution in [-0.4, -0.2) is 49.9 Å². The van der Waals surface area contributed by atoms with E-state index < -0.39 is 0 Å². The lowest BCUT2D eigenvalue weighted by molar-refractivity contribution is -0.117. The molecule has 2 aliphatic rings. The summed E-state index contributed by atoms with van der Waals surface area (Å²) < 4.78 is 0. The number of piperazine rings is 1. The number of likely N-dealkylation sites (N-methyl/N-ethyl adjacent to an activating group) is 1. The summed E-state index contributed by atoms with van der Waals surface area (Å²) in [6.07, 6.45) is 1.92. The first-order chi connectivity index (χ1) is 14.0. The summed E-state index contributed by atoms with van der Waals surface area (Å²) in [6.45, 7) is 3.75. The van der Waals surface area contributed by atoms with Crippen molar-refractivity contribution < 1.29 is 9.59 Å². The Morgan fingerprint density at radius 3 is 2.31 bits per heavy atom. The molecule has 1 saturated heterocycles. The third kappa shape index (κ3) is 4.89. The van der Waals surface area contributed by atoms with E-state index in [1.165, 1.54) is 0 Å². The van der Waals surface area contributed by atoms with Crippen LogP contribution in [0.1, 0.15) is 23.2 Å². The van der Waals surface area contributed by atoms with Gasteiger partial charge in [-0.15, -0.1) is 0 Å². The molecular formula is C22H25ClN4O2. The van der Waals surface area contributed by atoms with E-state index in [9.17, 15) is 9.59 Å². The maximum Gasteiger partial charge on any atom is 0.255 e. The topological polar surface area (TPSA) is 64.7 Å². The summed E-state index contributed by atoms with van der Waals surface area (Å²) in [5, 5.41) is 6.46. The number of nitrogens with one attached hydrogen (secondary N) is 2. The molecule has 2 aromatic carbocycles. The van der Waals surface area contributed by atoms with Gasteiger partial charge in [0.25, 0.3) is 5.91 Å². The highest BCUT2D eigenvalue weighted by Gasteiger charge is 2.29. The van der Waals surface area contributed by atoms with Crippen LogP contribution in [0.4, 0.5) is 17.1 Å². The van der Waals surface area contributed by atoms with Gasteiger partial charge in [0.2, 0.25) is 5.91 Å². The zero-order chi connectivity index (χ0) is 20.4. The first-order valence-corrected chi connectivity index (χ1v) is 10.3. The maximum atomic E-state index is 12.8. The highest BCUT2D eigenvalue weighted by molar-refractivity contribution is 6.31. The van der Waals surface area contributed by atoms with Crippen molar-refractivity contribution in [1.82, 2.24) is 4.90 Å². The van der Waals surface area contributed by atoms with Gasteiger partial charge in [0.05, 0.1) is 11.4 Å². The Morgan fingerprint density at radius 1 is 0.966 bits per heavy atom. The second-order valence-electron chi connectivity index (χ2n) is 7.75. The number of hydrogen-bond donors (Lipinski definition) is 2. The van der Waals surface area contributed by atoms with E-state index in [4.69, 9.17) is 11.6 Å². The zero-order valence-corrected chi connectivity index (χ0v) is 17.2. The molecule has 4 rings (SSSR count). The molecule has 2 N–H and O–H groups in total. The molecule has 2 fully saturated rings. The number of anilines is 3. The molecule has 1 heterocycles. The standard InChI is InChI=1S/C22H25ClN4O2/c1-26-10-12-27(13-11-26)20-9-6-17(23)14-19(20)25-22(29)16-4-7-18(8-5-16)24-21(28)15-2-3-15/h4-9,14-15H,2-3,10-13H2,1H3,(H,24,28)(H,25,29). The van der Waals surface area contributed by atoms with Crippen LogP contribution >= 0.6 is 11.6 Å². The van der Waals surface area contributed by atoms with E-state index in [0.717, 1.165) is 44.7 Å². The van der Waals surface area contributed by atoms with Gasteiger partial charge in [0, 0.05) is 48.4 Å². The molecule has 0 radical (unpaired) electrons. The largest absolute Gasteiger partial charge is 0.367 e. The molecule has 0 atom stereocenters. The van der Waals surface area contributed by atoms with Gasteiger partial charge in [-0.2, -0.15) is 0 Å². The molecule has 2 aromatic rings. The molecule has 1 saturated carbocycles. The fraction of sp³-hybridized carbons (Fsp3) is 0.364. The van der Waals surface area contributed by atoms with Crippen LogP contribution in [0.3, 0.4) is 0 Å². The summed E-state index contributed by atoms with van der Waals surface area (Å²) in [7, 11) is 2.11. The maximum absolute atomic E-state index is 12.8. The van der Waals surface area contributed by atoms with Crippen molar-refractivity contribution in [3.05, 3.63) is 53.1 Å². The Morgan fingerprint density at radius 2 is 1.66 bits per heavy atom. The van der Waals surface area contributed by atoms with Gasteiger partial charge < -0.3 is 20.4 Å². The van der Waals surface area contributed by atoms with Crippen LogP contribution in [0.2, 0.25) is 5.02 Å². The van der Waals surface area contributed by atoms with E-state index in [1.807, 2.05) is 12.1 Å². The lowest BCUT2D eigenvalue weighted by Crippen LogP contribution is -2.44. The van der Waals surface area contributed by atoms with Crippen LogP contribution in [-0.2, 0) is 4.79 Å². The molecule has 29 heavy (non-hydrogen) atoms. The highest BCUT2D eigenvalue weighted by Crippen LogP contribution is 2.31. The smallest absolute Gasteiger partial charge is 0.255 e. The molecule has 1 aliphatic heterocycles. The first kappa shape index (κ1) is 19.7. The van der Waals surface area contributed by atoms with Crippen LogP contribution in [0, 0.1) is 5.92 Å². The molecule has 0 spiro atoms. The number of carbonyl (C=O) groups is 2. The van der Waals surface area contributed by atoms with E-state index >= 15 is 0 Å². The minimum absolute atomic E-state index is 0.0537. The van der Waals surface area contributed by atoms with Gasteiger partial charge in [-0.1, -0.05) is 11.6 Å². The third-order valence-corrected chi connectivity index (χ3v) is 5.65. The fourth-order valence-electron chi connectivity index (χ4n) is 3.42. The number of carbonyl (C=O) groups excluding carboxylic acids is 2. The van der Waals surface area contributed by atoms with Crippen molar-refractivity contribution in [2.45, 2.75) is 12.8 Å². The van der Waals surface area contributed by atoms with Gasteiger partial charge in [0.15, 0.2) is 0 Å². The molecule has 152 valence electrons. The minimum atomic E-state index is -0.206. The number of halogens is 1. The van der Waals surface area contributed by atoms with Crippen LogP contribution in [0.15, 0.2) is 42.5 Å². The third-order valence-electron chi connectivity index (χ3n) is 5.41. The molecule has 1 aliphatic carbocycles. The van der Waals surface area contributed by atoms with E-state index in [2.05, 4.69) is 27.5 Å². The summed E-state index contributed by atoms with van der Waals surface area (Å²) in [5.41, 5.74) is 2.92. The molecular weight excluding hydrogens is 388 g/mol. The summed E-state index contributed by atoms with van der Waals surface area (Å²) in [6, 6.07) is 12.6. The first-order valence-electron chi connectivity index (χ1n) is 9.95. The Balaban J connectivity index is 1.46. The Labute approximate surface area is 175 Å². The predicted octanol–water partition coefficient (Wildman–Crippen LogP) is 3.69. The summed E-state index contributed by atoms with van der Waals surface area (Å²) in [5.74, 6) is -0.00513. The van der Waals surface area contributed by atoms with E-state index in [-0.39, 0.29) is 17.7 Å². The minimum Gasteiger partial charge on any atom is -0.367 e. The quantitative estimate of drug-likeness (QED) is 0.786. The Kier molecular flexibility index (Phi) is 5.74. The second kappa shape index (κ2) is 8.43. The normalized spacial score (nSPS) is 17.1. The summed E-state index contributed by atoms with van der Waals surface area (Å²) >= 11 is 6.19. The average molecular weight is 413 g/mol. The van der Waals surface area contributed by atoms with Gasteiger partial charge in [-0.25, -0.2) is 0 Å². The van der Waals surface area contributed by atoms with Crippen LogP contribution in [0.25, 0.3) is 0 Å². The lowest BCUT2D eigenvalue weighted by atomic mass is 10.1. The van der Waals surface area contributed by atoms with Gasteiger partial charge in [0.1, 0.15) is 0 Å². The fourth-order valence-corrected chi connectivity index (χ4v) is 3.59. The van der Waals surface area contributed by atoms with Crippen molar-refractivity contribution in [3.63, 3.8) is 0 Å². The van der Waals surface area contributed by atoms with Crippen LogP contribution < -0.4 is 15.5 Å². The van der Waals surface area contributed by atoms with Crippen molar-refractivity contribution in [3.8, 4) is 0 Å². The molecule has 0 bridgehead atoms. The van der Waals surface area contributed by atoms with Gasteiger partial charge in [-0.05, 0) is 62.4 Å². The number of hydrogen-bond acceptors (Lipinski definition) is 4. The number of rotatable bonds is 5. The molecule has 7 heteroatoms. The molecule has 0 unspecified atom stereocenters. The van der Waals surface area contributed by atoms with Crippen molar-refractivity contribution >= 4 is 40.5 Å². The van der Waals surface area contributed by atoms with Gasteiger partial charge >= 0.3 is 0 Å². The predicted molar refractivity (Wildman–Crippen MR) is 117 cm³/mol. The highest BCUT2D eigenvalue weighted by atomic mass is 35.5. The number of benzene rings is 2. The monoisotopic (exact) mass is 412 g/mol. The van der Waals surface area contributed by atoms with Crippen molar-refractivity contribution in [2.24, 2.45) is 5.92 Å². The zero-order valence-electron chi connectivity index (χ0n) is 16.5. The van der Waals surface area contributed by atoms with E-state index in [0.29, 0.717) is 22.0 Å². The number of amides is 2. The second-order valence-corrected chi connectivity index (χ2v) is 8.18. The lowest BCUT2D eigenvalue weighted by Gasteiger charge is -2.35. The van der Waals surface area contributed by atoms with Crippen LogP contribution in [0.5, 0.6) is 0 Å². The average Bonchev–Trinajstić information content (AvgIpc) is 3.55. The molecule has 0 aromatic heterocycles. The van der Waals surface area contributed by atoms with Crippen molar-refractivity contribution in [2.75, 3.05) is 48.8 Å². The Bertz CT molecular complexity index is 904. The van der Waals surface area contributed by atoms with Gasteiger partial charge in [-0.3, -0.25) is 9.59 Å². The van der Waals surface area contributed by atoms with E-state index in [1.54, 1.807) is 30.3 Å². The van der Waals surface area contributed by atoms with Crippen molar-refractivity contribution in [1.29, 1.82) is 0 Å². The number of nitrogens with zero attached hydrogens (tertiary/aromatic N) is 2. The summed E-state index contributed by atoms with van der Waals surface area (Å²) in [4.78, 5) is 29.2. The molecule has 6 nitrogen and oxygen atoms in total. The molecule has 2 amide bonds. The Hall–Kier alpha value is -2.57.